The molecule has 2 N–H and O–H groups in total. The minimum Gasteiger partial charge on any atom is -0.480 e. The molecule has 3 atom stereocenters. The van der Waals surface area contributed by atoms with Crippen LogP contribution in [0.2, 0.25) is 0 Å². The van der Waals surface area contributed by atoms with E-state index in [1.807, 2.05) is 45.9 Å². The predicted molar refractivity (Wildman–Crippen MR) is 99.8 cm³/mol. The van der Waals surface area contributed by atoms with Crippen LogP contribution in [0.5, 0.6) is 0 Å². The molecule has 6 nitrogen and oxygen atoms in total. The lowest BCUT2D eigenvalue weighted by molar-refractivity contribution is -0.143. The van der Waals surface area contributed by atoms with Crippen molar-refractivity contribution in [2.75, 3.05) is 0 Å². The van der Waals surface area contributed by atoms with Gasteiger partial charge in [0.15, 0.2) is 0 Å². The van der Waals surface area contributed by atoms with Gasteiger partial charge in [-0.25, -0.2) is 4.79 Å². The first-order chi connectivity index (χ1) is 12.1. The summed E-state index contributed by atoms with van der Waals surface area (Å²) in [7, 11) is 0. The molecule has 0 aliphatic carbocycles. The van der Waals surface area contributed by atoms with Crippen LogP contribution in [-0.4, -0.2) is 44.6 Å². The number of thioether (sulfide) groups is 1. The average molecular weight is 376 g/mol. The lowest BCUT2D eigenvalue weighted by Crippen LogP contribution is -2.55. The van der Waals surface area contributed by atoms with Crippen molar-refractivity contribution in [3.8, 4) is 0 Å². The SMILES string of the molecule is CC(C)C[C@@H](NC(=O)[C@@H]1N2C(=O)c3ccccc3[C@H]2SC1(C)C)C(=O)O. The highest BCUT2D eigenvalue weighted by molar-refractivity contribution is 8.01. The number of amides is 2. The number of carbonyl (C=O) groups is 3. The molecule has 2 aliphatic rings. The maximum Gasteiger partial charge on any atom is 0.326 e. The van der Waals surface area contributed by atoms with Crippen LogP contribution in [0, 0.1) is 5.92 Å². The minimum atomic E-state index is -1.05. The Hall–Kier alpha value is -2.02. The Bertz CT molecular complexity index is 762. The fourth-order valence-electron chi connectivity index (χ4n) is 3.75. The van der Waals surface area contributed by atoms with Crippen molar-refractivity contribution in [1.29, 1.82) is 0 Å². The highest BCUT2D eigenvalue weighted by Gasteiger charge is 2.57. The van der Waals surface area contributed by atoms with Crippen LogP contribution in [0.4, 0.5) is 0 Å². The maximum absolute atomic E-state index is 13.0. The third kappa shape index (κ3) is 3.09. The van der Waals surface area contributed by atoms with E-state index in [0.717, 1.165) is 5.56 Å². The first-order valence-corrected chi connectivity index (χ1v) is 9.64. The second-order valence-electron chi connectivity index (χ2n) is 7.80. The van der Waals surface area contributed by atoms with Crippen LogP contribution in [0.1, 0.15) is 55.4 Å². The van der Waals surface area contributed by atoms with Gasteiger partial charge in [-0.15, -0.1) is 11.8 Å². The topological polar surface area (TPSA) is 86.7 Å². The largest absolute Gasteiger partial charge is 0.480 e. The highest BCUT2D eigenvalue weighted by Crippen LogP contribution is 2.56. The Labute approximate surface area is 157 Å². The highest BCUT2D eigenvalue weighted by atomic mass is 32.2. The van der Waals surface area contributed by atoms with Gasteiger partial charge in [0.1, 0.15) is 17.5 Å². The van der Waals surface area contributed by atoms with Gasteiger partial charge in [0.2, 0.25) is 5.91 Å². The van der Waals surface area contributed by atoms with Crippen molar-refractivity contribution >= 4 is 29.5 Å². The number of hydrogen-bond donors (Lipinski definition) is 2. The third-order valence-corrected chi connectivity index (χ3v) is 6.40. The summed E-state index contributed by atoms with van der Waals surface area (Å²) in [5.74, 6) is -1.49. The number of aliphatic carboxylic acids is 1. The molecule has 1 aromatic rings. The molecule has 2 amide bonds. The first-order valence-electron chi connectivity index (χ1n) is 8.76. The van der Waals surface area contributed by atoms with Crippen LogP contribution in [0.3, 0.4) is 0 Å². The second-order valence-corrected chi connectivity index (χ2v) is 9.54. The standard InChI is InChI=1S/C19H24N2O4S/c1-10(2)9-13(18(24)25)20-15(22)14-19(3,4)26-17-12-8-6-5-7-11(12)16(23)21(14)17/h5-8,10,13-14,17H,9H2,1-4H3,(H,20,22)(H,24,25)/t13-,14+,17-/m1/s1. The molecule has 0 radical (unpaired) electrons. The fraction of sp³-hybridized carbons (Fsp3) is 0.526. The van der Waals surface area contributed by atoms with E-state index in [0.29, 0.717) is 12.0 Å². The van der Waals surface area contributed by atoms with Crippen LogP contribution < -0.4 is 5.32 Å². The minimum absolute atomic E-state index is 0.132. The molecule has 0 bridgehead atoms. The number of carboxylic acids is 1. The Kier molecular flexibility index (Phi) is 4.77. The summed E-state index contributed by atoms with van der Waals surface area (Å²) in [4.78, 5) is 39.0. The molecule has 3 rings (SSSR count). The van der Waals surface area contributed by atoms with Crippen molar-refractivity contribution in [3.05, 3.63) is 35.4 Å². The Morgan fingerprint density at radius 1 is 1.31 bits per heavy atom. The average Bonchev–Trinajstić information content (AvgIpc) is 2.97. The van der Waals surface area contributed by atoms with Gasteiger partial charge in [0.25, 0.3) is 5.91 Å². The zero-order valence-electron chi connectivity index (χ0n) is 15.4. The molecule has 7 heteroatoms. The van der Waals surface area contributed by atoms with E-state index in [1.165, 1.54) is 0 Å². The fourth-order valence-corrected chi connectivity index (χ4v) is 5.34. The summed E-state index contributed by atoms with van der Waals surface area (Å²) in [6.45, 7) is 7.67. The molecular weight excluding hydrogens is 352 g/mol. The van der Waals surface area contributed by atoms with Crippen molar-refractivity contribution < 1.29 is 19.5 Å². The molecule has 140 valence electrons. The number of carboxylic acid groups (broad SMARTS) is 1. The van der Waals surface area contributed by atoms with Gasteiger partial charge in [-0.05, 0) is 37.8 Å². The lowest BCUT2D eigenvalue weighted by Gasteiger charge is -2.30. The molecule has 1 aromatic carbocycles. The molecule has 0 aromatic heterocycles. The van der Waals surface area contributed by atoms with Crippen LogP contribution in [-0.2, 0) is 9.59 Å². The van der Waals surface area contributed by atoms with Crippen molar-refractivity contribution in [2.45, 2.75) is 56.3 Å². The molecule has 0 spiro atoms. The van der Waals surface area contributed by atoms with Crippen LogP contribution in [0.15, 0.2) is 24.3 Å². The van der Waals surface area contributed by atoms with E-state index in [4.69, 9.17) is 0 Å². The number of carbonyl (C=O) groups excluding carboxylic acids is 2. The monoisotopic (exact) mass is 376 g/mol. The van der Waals surface area contributed by atoms with Crippen LogP contribution >= 0.6 is 11.8 Å². The van der Waals surface area contributed by atoms with Gasteiger partial charge in [0.05, 0.1) is 0 Å². The van der Waals surface area contributed by atoms with Gasteiger partial charge in [-0.2, -0.15) is 0 Å². The summed E-state index contributed by atoms with van der Waals surface area (Å²) in [5.41, 5.74) is 1.54. The Balaban J connectivity index is 1.88. The molecule has 26 heavy (non-hydrogen) atoms. The van der Waals surface area contributed by atoms with Crippen LogP contribution in [0.25, 0.3) is 0 Å². The lowest BCUT2D eigenvalue weighted by atomic mass is 9.98. The molecule has 0 unspecified atom stereocenters. The predicted octanol–water partition coefficient (Wildman–Crippen LogP) is 2.65. The van der Waals surface area contributed by atoms with Crippen molar-refractivity contribution in [1.82, 2.24) is 10.2 Å². The summed E-state index contributed by atoms with van der Waals surface area (Å²) >= 11 is 1.57. The third-order valence-electron chi connectivity index (χ3n) is 4.87. The summed E-state index contributed by atoms with van der Waals surface area (Å²) in [6.07, 6.45) is 0.346. The second kappa shape index (κ2) is 6.61. The van der Waals surface area contributed by atoms with E-state index in [1.54, 1.807) is 22.7 Å². The zero-order valence-corrected chi connectivity index (χ0v) is 16.2. The van der Waals surface area contributed by atoms with E-state index < -0.39 is 28.7 Å². The normalized spacial score (nSPS) is 24.3. The molecule has 1 fully saturated rings. The number of hydrogen-bond acceptors (Lipinski definition) is 4. The van der Waals surface area contributed by atoms with Gasteiger partial charge in [0, 0.05) is 10.3 Å². The molecule has 1 saturated heterocycles. The Morgan fingerprint density at radius 2 is 1.96 bits per heavy atom. The summed E-state index contributed by atoms with van der Waals surface area (Å²) in [6, 6.07) is 5.72. The Morgan fingerprint density at radius 3 is 2.58 bits per heavy atom. The number of rotatable bonds is 5. The van der Waals surface area contributed by atoms with E-state index in [2.05, 4.69) is 5.32 Å². The molecule has 2 aliphatic heterocycles. The van der Waals surface area contributed by atoms with E-state index in [-0.39, 0.29) is 17.2 Å². The zero-order chi connectivity index (χ0) is 19.2. The number of nitrogens with one attached hydrogen (secondary N) is 1. The number of nitrogens with zero attached hydrogens (tertiary/aromatic N) is 1. The summed E-state index contributed by atoms with van der Waals surface area (Å²) < 4.78 is -0.515. The van der Waals surface area contributed by atoms with Gasteiger partial charge in [-0.1, -0.05) is 32.0 Å². The summed E-state index contributed by atoms with van der Waals surface area (Å²) in [5, 5.41) is 11.9. The molecule has 2 heterocycles. The van der Waals surface area contributed by atoms with E-state index in [9.17, 15) is 19.5 Å². The quantitative estimate of drug-likeness (QED) is 0.825. The number of benzene rings is 1. The van der Waals surface area contributed by atoms with Crippen molar-refractivity contribution in [3.63, 3.8) is 0 Å². The number of fused-ring (bicyclic) bond motifs is 3. The molecular formula is C19H24N2O4S. The van der Waals surface area contributed by atoms with Crippen molar-refractivity contribution in [2.24, 2.45) is 5.92 Å². The van der Waals surface area contributed by atoms with Gasteiger partial charge in [-0.3, -0.25) is 9.59 Å². The smallest absolute Gasteiger partial charge is 0.326 e. The van der Waals surface area contributed by atoms with Gasteiger partial charge < -0.3 is 15.3 Å². The molecule has 0 saturated carbocycles. The first kappa shape index (κ1) is 18.8. The van der Waals surface area contributed by atoms with Gasteiger partial charge >= 0.3 is 5.97 Å². The maximum atomic E-state index is 13.0. The van der Waals surface area contributed by atoms with E-state index >= 15 is 0 Å².